The molecule has 1 nitrogen and oxygen atoms in total. The monoisotopic (exact) mass is 217 g/mol. The molecule has 0 aromatic rings. The van der Waals surface area contributed by atoms with E-state index in [0.29, 0.717) is 5.41 Å². The number of hydrogen-bond acceptors (Lipinski definition) is 1. The van der Waals surface area contributed by atoms with E-state index in [-0.39, 0.29) is 0 Å². The van der Waals surface area contributed by atoms with Crippen LogP contribution in [-0.4, -0.2) is 0 Å². The summed E-state index contributed by atoms with van der Waals surface area (Å²) in [6.45, 7) is 2.42. The zero-order valence-corrected chi connectivity index (χ0v) is 10.4. The average molecular weight is 217 g/mol. The van der Waals surface area contributed by atoms with Gasteiger partial charge >= 0.3 is 0 Å². The first-order valence-electron chi connectivity index (χ1n) is 7.09. The van der Waals surface area contributed by atoms with Gasteiger partial charge < -0.3 is 0 Å². The fraction of sp³-hybridized carbons (Fsp3) is 0.933. The molecule has 0 spiro atoms. The number of nitriles is 1. The van der Waals surface area contributed by atoms with Gasteiger partial charge in [0.05, 0.1) is 6.07 Å². The van der Waals surface area contributed by atoms with Crippen LogP contribution in [0.15, 0.2) is 0 Å². The van der Waals surface area contributed by atoms with Crippen LogP contribution >= 0.6 is 0 Å². The maximum atomic E-state index is 8.75. The molecule has 4 bridgehead atoms. The van der Waals surface area contributed by atoms with Crippen LogP contribution in [0.4, 0.5) is 0 Å². The Kier molecular flexibility index (Phi) is 2.50. The maximum Gasteiger partial charge on any atom is 0.0621 e. The van der Waals surface area contributed by atoms with E-state index in [1.807, 2.05) is 0 Å². The van der Waals surface area contributed by atoms with E-state index in [4.69, 9.17) is 5.26 Å². The lowest BCUT2D eigenvalue weighted by molar-refractivity contribution is -0.0844. The molecule has 0 saturated heterocycles. The predicted octanol–water partition coefficient (Wildman–Crippen LogP) is 4.14. The van der Waals surface area contributed by atoms with Gasteiger partial charge in [0.15, 0.2) is 0 Å². The SMILES string of the molecule is CC(CCC#N)C12CC3CC(CC(C3)C1)C2. The minimum Gasteiger partial charge on any atom is -0.198 e. The quantitative estimate of drug-likeness (QED) is 0.697. The molecular formula is C15H23N. The number of nitrogens with zero attached hydrogens (tertiary/aromatic N) is 1. The van der Waals surface area contributed by atoms with Crippen LogP contribution in [0.2, 0.25) is 0 Å². The zero-order valence-electron chi connectivity index (χ0n) is 10.4. The normalized spacial score (nSPS) is 46.6. The van der Waals surface area contributed by atoms with Crippen LogP contribution in [0.5, 0.6) is 0 Å². The molecule has 0 radical (unpaired) electrons. The molecule has 4 aliphatic carbocycles. The maximum absolute atomic E-state index is 8.75. The van der Waals surface area contributed by atoms with Gasteiger partial charge in [-0.15, -0.1) is 0 Å². The molecule has 4 aliphatic rings. The summed E-state index contributed by atoms with van der Waals surface area (Å²) in [5.74, 6) is 3.95. The van der Waals surface area contributed by atoms with Gasteiger partial charge in [-0.3, -0.25) is 0 Å². The lowest BCUT2D eigenvalue weighted by Gasteiger charge is -2.59. The molecule has 4 rings (SSSR count). The molecule has 0 aromatic heterocycles. The van der Waals surface area contributed by atoms with Crippen LogP contribution in [0.1, 0.15) is 58.3 Å². The minimum absolute atomic E-state index is 0.658. The van der Waals surface area contributed by atoms with Crippen molar-refractivity contribution in [2.75, 3.05) is 0 Å². The Morgan fingerprint density at radius 1 is 1.12 bits per heavy atom. The second kappa shape index (κ2) is 3.76. The Balaban J connectivity index is 1.75. The highest BCUT2D eigenvalue weighted by atomic mass is 14.6. The van der Waals surface area contributed by atoms with Crippen molar-refractivity contribution in [3.63, 3.8) is 0 Å². The Morgan fingerprint density at radius 2 is 1.62 bits per heavy atom. The molecule has 0 N–H and O–H groups in total. The van der Waals surface area contributed by atoms with E-state index in [9.17, 15) is 0 Å². The van der Waals surface area contributed by atoms with Gasteiger partial charge in [-0.1, -0.05) is 6.92 Å². The van der Waals surface area contributed by atoms with Crippen LogP contribution in [0.3, 0.4) is 0 Å². The Hall–Kier alpha value is -0.510. The van der Waals surface area contributed by atoms with E-state index in [1.54, 1.807) is 0 Å². The van der Waals surface area contributed by atoms with Crippen LogP contribution in [0.25, 0.3) is 0 Å². The first-order valence-corrected chi connectivity index (χ1v) is 7.09. The van der Waals surface area contributed by atoms with E-state index in [0.717, 1.165) is 36.5 Å². The van der Waals surface area contributed by atoms with Gasteiger partial charge in [0, 0.05) is 6.42 Å². The van der Waals surface area contributed by atoms with E-state index >= 15 is 0 Å². The molecule has 1 atom stereocenters. The number of hydrogen-bond donors (Lipinski definition) is 0. The van der Waals surface area contributed by atoms with Crippen molar-refractivity contribution in [2.24, 2.45) is 29.1 Å². The summed E-state index contributed by atoms with van der Waals surface area (Å²) in [5, 5.41) is 8.75. The second-order valence-electron chi connectivity index (χ2n) is 6.88. The molecule has 88 valence electrons. The summed E-state index contributed by atoms with van der Waals surface area (Å²) in [7, 11) is 0. The molecule has 4 saturated carbocycles. The summed E-state index contributed by atoms with van der Waals surface area (Å²) < 4.78 is 0. The predicted molar refractivity (Wildman–Crippen MR) is 64.6 cm³/mol. The topological polar surface area (TPSA) is 23.8 Å². The highest BCUT2D eigenvalue weighted by Gasteiger charge is 2.52. The molecule has 0 aromatic carbocycles. The smallest absolute Gasteiger partial charge is 0.0621 e. The Labute approximate surface area is 99.2 Å². The van der Waals surface area contributed by atoms with Crippen molar-refractivity contribution in [1.29, 1.82) is 5.26 Å². The third-order valence-corrected chi connectivity index (χ3v) is 5.82. The van der Waals surface area contributed by atoms with E-state index in [2.05, 4.69) is 13.0 Å². The van der Waals surface area contributed by atoms with Crippen LogP contribution < -0.4 is 0 Å². The summed E-state index contributed by atoms with van der Waals surface area (Å²) >= 11 is 0. The van der Waals surface area contributed by atoms with E-state index in [1.165, 1.54) is 38.5 Å². The summed E-state index contributed by atoms with van der Waals surface area (Å²) in [4.78, 5) is 0. The summed E-state index contributed by atoms with van der Waals surface area (Å²) in [6, 6.07) is 2.33. The third kappa shape index (κ3) is 1.58. The van der Waals surface area contributed by atoms with Crippen molar-refractivity contribution in [1.82, 2.24) is 0 Å². The fourth-order valence-electron chi connectivity index (χ4n) is 5.37. The van der Waals surface area contributed by atoms with Gasteiger partial charge in [-0.05, 0) is 74.0 Å². The van der Waals surface area contributed by atoms with Crippen LogP contribution in [-0.2, 0) is 0 Å². The van der Waals surface area contributed by atoms with Crippen molar-refractivity contribution >= 4 is 0 Å². The van der Waals surface area contributed by atoms with Crippen molar-refractivity contribution in [2.45, 2.75) is 58.3 Å². The van der Waals surface area contributed by atoms with Crippen molar-refractivity contribution in [3.8, 4) is 6.07 Å². The van der Waals surface area contributed by atoms with E-state index < -0.39 is 0 Å². The third-order valence-electron chi connectivity index (χ3n) is 5.82. The first kappa shape index (κ1) is 10.6. The highest BCUT2D eigenvalue weighted by molar-refractivity contribution is 5.03. The zero-order chi connectivity index (χ0) is 11.2. The summed E-state index contributed by atoms with van der Waals surface area (Å²) in [6.07, 6.45) is 11.0. The Bertz CT molecular complexity index is 277. The van der Waals surface area contributed by atoms with Crippen molar-refractivity contribution < 1.29 is 0 Å². The van der Waals surface area contributed by atoms with Gasteiger partial charge in [0.1, 0.15) is 0 Å². The second-order valence-corrected chi connectivity index (χ2v) is 6.88. The largest absolute Gasteiger partial charge is 0.198 e. The van der Waals surface area contributed by atoms with Crippen LogP contribution in [0, 0.1) is 40.4 Å². The van der Waals surface area contributed by atoms with Crippen molar-refractivity contribution in [3.05, 3.63) is 0 Å². The Morgan fingerprint density at radius 3 is 2.06 bits per heavy atom. The lowest BCUT2D eigenvalue weighted by Crippen LogP contribution is -2.49. The van der Waals surface area contributed by atoms with Gasteiger partial charge in [-0.2, -0.15) is 5.26 Å². The van der Waals surface area contributed by atoms with Gasteiger partial charge in [0.25, 0.3) is 0 Å². The van der Waals surface area contributed by atoms with Gasteiger partial charge in [0.2, 0.25) is 0 Å². The fourth-order valence-corrected chi connectivity index (χ4v) is 5.37. The molecule has 0 heterocycles. The molecule has 16 heavy (non-hydrogen) atoms. The van der Waals surface area contributed by atoms with Gasteiger partial charge in [-0.25, -0.2) is 0 Å². The molecular weight excluding hydrogens is 194 g/mol. The standard InChI is InChI=1S/C15H23N/c1-11(3-2-4-16)15-8-12-5-13(9-15)7-14(6-12)10-15/h11-14H,2-3,5-10H2,1H3. The molecule has 1 unspecified atom stereocenters. The lowest BCUT2D eigenvalue weighted by atomic mass is 9.46. The average Bonchev–Trinajstić information content (AvgIpc) is 2.24. The minimum atomic E-state index is 0.658. The molecule has 4 fully saturated rings. The number of rotatable bonds is 3. The summed E-state index contributed by atoms with van der Waals surface area (Å²) in [5.41, 5.74) is 0.658. The first-order chi connectivity index (χ1) is 7.72. The highest BCUT2D eigenvalue weighted by Crippen LogP contribution is 2.63. The molecule has 0 aliphatic heterocycles. The molecule has 0 amide bonds. The molecule has 1 heteroatoms.